The van der Waals surface area contributed by atoms with Gasteiger partial charge in [0.15, 0.2) is 0 Å². The molecule has 0 aromatic carbocycles. The van der Waals surface area contributed by atoms with E-state index in [4.69, 9.17) is 0 Å². The Morgan fingerprint density at radius 1 is 1.48 bits per heavy atom. The van der Waals surface area contributed by atoms with Gasteiger partial charge in [-0.3, -0.25) is 9.59 Å². The first-order valence-corrected chi connectivity index (χ1v) is 8.24. The quantitative estimate of drug-likeness (QED) is 0.863. The molecule has 21 heavy (non-hydrogen) atoms. The Morgan fingerprint density at radius 3 is 3.05 bits per heavy atom. The summed E-state index contributed by atoms with van der Waals surface area (Å²) >= 11 is 1.40. The van der Waals surface area contributed by atoms with E-state index in [1.807, 2.05) is 16.7 Å². The lowest BCUT2D eigenvalue weighted by molar-refractivity contribution is -0.135. The smallest absolute Gasteiger partial charge is 0.265 e. The Hall–Kier alpha value is -1.47. The molecule has 1 aromatic heterocycles. The molecule has 114 valence electrons. The minimum atomic E-state index is 0.0577. The molecule has 0 bridgehead atoms. The Labute approximate surface area is 128 Å². The van der Waals surface area contributed by atoms with Gasteiger partial charge < -0.3 is 15.1 Å². The molecule has 2 amide bonds. The van der Waals surface area contributed by atoms with E-state index in [1.54, 1.807) is 5.51 Å². The third-order valence-electron chi connectivity index (χ3n) is 4.19. The van der Waals surface area contributed by atoms with Crippen LogP contribution < -0.4 is 5.32 Å². The van der Waals surface area contributed by atoms with Crippen molar-refractivity contribution in [2.24, 2.45) is 0 Å². The molecule has 1 unspecified atom stereocenters. The lowest BCUT2D eigenvalue weighted by atomic mass is 10.0. The van der Waals surface area contributed by atoms with Gasteiger partial charge in [0, 0.05) is 32.2 Å². The zero-order valence-electron chi connectivity index (χ0n) is 12.2. The van der Waals surface area contributed by atoms with E-state index in [-0.39, 0.29) is 17.9 Å². The normalized spacial score (nSPS) is 23.5. The van der Waals surface area contributed by atoms with Crippen LogP contribution in [0.1, 0.15) is 28.2 Å². The van der Waals surface area contributed by atoms with Crippen molar-refractivity contribution in [3.8, 4) is 0 Å². The summed E-state index contributed by atoms with van der Waals surface area (Å²) < 4.78 is 0. The highest BCUT2D eigenvalue weighted by molar-refractivity contribution is 7.11. The van der Waals surface area contributed by atoms with Gasteiger partial charge >= 0.3 is 0 Å². The number of hydrogen-bond acceptors (Lipinski definition) is 5. The largest absolute Gasteiger partial charge is 0.336 e. The molecule has 1 aromatic rings. The lowest BCUT2D eigenvalue weighted by Crippen LogP contribution is -2.57. The van der Waals surface area contributed by atoms with Gasteiger partial charge in [-0.1, -0.05) is 0 Å². The maximum absolute atomic E-state index is 12.6. The van der Waals surface area contributed by atoms with Crippen molar-refractivity contribution >= 4 is 23.2 Å². The van der Waals surface area contributed by atoms with Gasteiger partial charge in [-0.25, -0.2) is 4.98 Å². The highest BCUT2D eigenvalue weighted by Crippen LogP contribution is 2.21. The fraction of sp³-hybridized carbons (Fsp3) is 0.643. The van der Waals surface area contributed by atoms with Crippen LogP contribution in [0, 0.1) is 6.92 Å². The minimum absolute atomic E-state index is 0.0577. The Balaban J connectivity index is 1.69. The average molecular weight is 308 g/mol. The third-order valence-corrected chi connectivity index (χ3v) is 5.11. The van der Waals surface area contributed by atoms with E-state index in [1.165, 1.54) is 11.3 Å². The van der Waals surface area contributed by atoms with Crippen molar-refractivity contribution in [1.82, 2.24) is 20.1 Å². The maximum atomic E-state index is 12.6. The minimum Gasteiger partial charge on any atom is -0.336 e. The van der Waals surface area contributed by atoms with E-state index in [0.29, 0.717) is 13.1 Å². The predicted molar refractivity (Wildman–Crippen MR) is 80.4 cm³/mol. The van der Waals surface area contributed by atoms with Crippen molar-refractivity contribution in [2.45, 2.75) is 25.8 Å². The average Bonchev–Trinajstić information content (AvgIpc) is 2.93. The van der Waals surface area contributed by atoms with Gasteiger partial charge in [-0.15, -0.1) is 11.3 Å². The zero-order chi connectivity index (χ0) is 14.8. The molecule has 2 aliphatic rings. The first kappa shape index (κ1) is 14.5. The Bertz CT molecular complexity index is 545. The van der Waals surface area contributed by atoms with Crippen molar-refractivity contribution in [1.29, 1.82) is 0 Å². The molecule has 7 heteroatoms. The van der Waals surface area contributed by atoms with Crippen LogP contribution in [-0.2, 0) is 4.79 Å². The molecule has 0 radical (unpaired) electrons. The van der Waals surface area contributed by atoms with Gasteiger partial charge in [0.05, 0.1) is 17.7 Å². The van der Waals surface area contributed by atoms with Crippen molar-refractivity contribution < 1.29 is 9.59 Å². The number of piperazine rings is 1. The number of aromatic nitrogens is 1. The summed E-state index contributed by atoms with van der Waals surface area (Å²) in [5, 5.41) is 3.09. The number of piperidine rings is 1. The summed E-state index contributed by atoms with van der Waals surface area (Å²) in [6, 6.07) is 0.158. The van der Waals surface area contributed by atoms with Crippen LogP contribution in [0.5, 0.6) is 0 Å². The van der Waals surface area contributed by atoms with Crippen LogP contribution in [0.4, 0.5) is 0 Å². The third kappa shape index (κ3) is 2.94. The highest BCUT2D eigenvalue weighted by atomic mass is 32.1. The maximum Gasteiger partial charge on any atom is 0.265 e. The Kier molecular flexibility index (Phi) is 4.21. The number of aryl methyl sites for hydroxylation is 1. The molecule has 2 fully saturated rings. The van der Waals surface area contributed by atoms with Crippen LogP contribution in [-0.4, -0.2) is 65.4 Å². The van der Waals surface area contributed by atoms with Crippen LogP contribution in [0.3, 0.4) is 0 Å². The van der Waals surface area contributed by atoms with Crippen LogP contribution in [0.2, 0.25) is 0 Å². The summed E-state index contributed by atoms with van der Waals surface area (Å²) in [4.78, 5) is 33.3. The van der Waals surface area contributed by atoms with Crippen LogP contribution in [0.15, 0.2) is 5.51 Å². The number of nitrogens with zero attached hydrogens (tertiary/aromatic N) is 3. The fourth-order valence-electron chi connectivity index (χ4n) is 3.05. The molecular weight excluding hydrogens is 288 g/mol. The van der Waals surface area contributed by atoms with Gasteiger partial charge in [0.25, 0.3) is 5.91 Å². The number of hydrogen-bond donors (Lipinski definition) is 1. The number of thiazole rings is 1. The number of nitrogens with one attached hydrogen (secondary N) is 1. The van der Waals surface area contributed by atoms with Crippen molar-refractivity contribution in [2.75, 3.05) is 32.7 Å². The van der Waals surface area contributed by atoms with Gasteiger partial charge in [-0.05, 0) is 19.8 Å². The second-order valence-electron chi connectivity index (χ2n) is 5.58. The van der Waals surface area contributed by atoms with E-state index >= 15 is 0 Å². The number of carbonyl (C=O) groups is 2. The summed E-state index contributed by atoms with van der Waals surface area (Å²) in [5.41, 5.74) is 2.51. The number of carbonyl (C=O) groups excluding carboxylic acids is 2. The van der Waals surface area contributed by atoms with Crippen LogP contribution in [0.25, 0.3) is 0 Å². The molecule has 0 saturated carbocycles. The summed E-state index contributed by atoms with van der Waals surface area (Å²) in [7, 11) is 0. The second kappa shape index (κ2) is 6.11. The van der Waals surface area contributed by atoms with Gasteiger partial charge in [0.2, 0.25) is 5.91 Å². The highest BCUT2D eigenvalue weighted by Gasteiger charge is 2.32. The van der Waals surface area contributed by atoms with Crippen molar-refractivity contribution in [3.05, 3.63) is 16.1 Å². The number of likely N-dealkylation sites (tertiary alicyclic amines) is 1. The van der Waals surface area contributed by atoms with Crippen LogP contribution >= 0.6 is 11.3 Å². The topological polar surface area (TPSA) is 65.5 Å². The zero-order valence-corrected chi connectivity index (χ0v) is 13.0. The van der Waals surface area contributed by atoms with E-state index in [0.717, 1.165) is 43.0 Å². The number of rotatable bonds is 2. The molecule has 2 saturated heterocycles. The molecule has 0 spiro atoms. The van der Waals surface area contributed by atoms with Crippen molar-refractivity contribution in [3.63, 3.8) is 0 Å². The van der Waals surface area contributed by atoms with E-state index < -0.39 is 0 Å². The molecule has 3 heterocycles. The molecule has 6 nitrogen and oxygen atoms in total. The number of amides is 2. The molecule has 1 N–H and O–H groups in total. The molecule has 2 aliphatic heterocycles. The fourth-order valence-corrected chi connectivity index (χ4v) is 3.82. The Morgan fingerprint density at radius 2 is 2.33 bits per heavy atom. The van der Waals surface area contributed by atoms with E-state index in [9.17, 15) is 9.59 Å². The summed E-state index contributed by atoms with van der Waals surface area (Å²) in [5.74, 6) is 0.205. The standard InChI is InChI=1S/C14H20N4O2S/c1-10-13(21-9-16-10)14(20)17-5-2-3-11(8-17)18-6-4-15-7-12(18)19/h9,11,15H,2-8H2,1H3. The second-order valence-corrected chi connectivity index (χ2v) is 6.43. The molecule has 0 aliphatic carbocycles. The first-order valence-electron chi connectivity index (χ1n) is 7.36. The first-order chi connectivity index (χ1) is 10.2. The molecule has 3 rings (SSSR count). The molecular formula is C14H20N4O2S. The monoisotopic (exact) mass is 308 g/mol. The van der Waals surface area contributed by atoms with E-state index in [2.05, 4.69) is 10.3 Å². The summed E-state index contributed by atoms with van der Waals surface area (Å²) in [6.07, 6.45) is 1.93. The SMILES string of the molecule is Cc1ncsc1C(=O)N1CCCC(N2CCNCC2=O)C1. The summed E-state index contributed by atoms with van der Waals surface area (Å²) in [6.45, 7) is 5.27. The molecule has 1 atom stereocenters. The van der Waals surface area contributed by atoms with Gasteiger partial charge in [0.1, 0.15) is 4.88 Å². The lowest BCUT2D eigenvalue weighted by Gasteiger charge is -2.41. The predicted octanol–water partition coefficient (Wildman–Crippen LogP) is 0.488. The van der Waals surface area contributed by atoms with Gasteiger partial charge in [-0.2, -0.15) is 0 Å².